The molecule has 4 heteroatoms. The van der Waals surface area contributed by atoms with E-state index in [1.54, 1.807) is 0 Å². The molecule has 0 saturated heterocycles. The van der Waals surface area contributed by atoms with Gasteiger partial charge in [-0.15, -0.1) is 0 Å². The average molecular weight is 341 g/mol. The van der Waals surface area contributed by atoms with Crippen molar-refractivity contribution in [2.24, 2.45) is 0 Å². The van der Waals surface area contributed by atoms with E-state index >= 15 is 0 Å². The SMILES string of the molecule is CC[Si](CC)(CC)Oc1ccccc1[O][Ge]([CH3])([CH3])[CH3]. The zero-order chi connectivity index (χ0) is 14.5. The summed E-state index contributed by atoms with van der Waals surface area (Å²) in [5.41, 5.74) is 0. The molecule has 0 bridgehead atoms. The summed E-state index contributed by atoms with van der Waals surface area (Å²) >= 11 is -2.09. The van der Waals surface area contributed by atoms with Gasteiger partial charge in [-0.2, -0.15) is 0 Å². The molecule has 0 N–H and O–H groups in total. The second kappa shape index (κ2) is 6.84. The Hall–Kier alpha value is -0.420. The van der Waals surface area contributed by atoms with E-state index in [4.69, 9.17) is 8.19 Å². The molecule has 0 heterocycles. The molecule has 0 unspecified atom stereocenters. The van der Waals surface area contributed by atoms with Crippen LogP contribution in [-0.4, -0.2) is 21.9 Å². The van der Waals surface area contributed by atoms with Crippen LogP contribution in [0.2, 0.25) is 35.4 Å². The molecular formula is C15H28GeO2Si. The number of hydrogen-bond acceptors (Lipinski definition) is 2. The van der Waals surface area contributed by atoms with E-state index in [0.29, 0.717) is 0 Å². The molecule has 0 aliphatic heterocycles. The second-order valence-corrected chi connectivity index (χ2v) is 20.0. The van der Waals surface area contributed by atoms with Gasteiger partial charge in [-0.25, -0.2) is 0 Å². The Morgan fingerprint density at radius 2 is 1.37 bits per heavy atom. The Kier molecular flexibility index (Phi) is 5.99. The summed E-state index contributed by atoms with van der Waals surface area (Å²) in [6.07, 6.45) is 0. The first-order valence-corrected chi connectivity index (χ1v) is 17.0. The van der Waals surface area contributed by atoms with Gasteiger partial charge < -0.3 is 0 Å². The monoisotopic (exact) mass is 342 g/mol. The Balaban J connectivity index is 3.00. The third kappa shape index (κ3) is 4.88. The van der Waals surface area contributed by atoms with Crippen LogP contribution in [0.1, 0.15) is 20.8 Å². The van der Waals surface area contributed by atoms with Gasteiger partial charge in [-0.1, -0.05) is 0 Å². The van der Waals surface area contributed by atoms with Crippen LogP contribution in [0.25, 0.3) is 0 Å². The molecule has 0 fully saturated rings. The summed E-state index contributed by atoms with van der Waals surface area (Å²) in [6.45, 7) is 6.76. The fourth-order valence-electron chi connectivity index (χ4n) is 2.15. The van der Waals surface area contributed by atoms with E-state index in [2.05, 4.69) is 44.1 Å². The van der Waals surface area contributed by atoms with Crippen molar-refractivity contribution in [1.29, 1.82) is 0 Å². The molecule has 0 saturated carbocycles. The zero-order valence-electron chi connectivity index (χ0n) is 13.2. The predicted octanol–water partition coefficient (Wildman–Crippen LogP) is 5.28. The zero-order valence-corrected chi connectivity index (χ0v) is 16.3. The van der Waals surface area contributed by atoms with E-state index < -0.39 is 21.9 Å². The standard InChI is InChI=1S/C15H28GeO2Si/c1-7-19(8-2,9-3)18-15-13-11-10-12-14(15)17-16(4,5)6/h10-13H,7-9H2,1-6H3. The van der Waals surface area contributed by atoms with Crippen molar-refractivity contribution in [3.05, 3.63) is 24.3 Å². The summed E-state index contributed by atoms with van der Waals surface area (Å²) in [7, 11) is -1.62. The molecule has 0 aliphatic carbocycles. The molecule has 0 aromatic heterocycles. The quantitative estimate of drug-likeness (QED) is 0.628. The first kappa shape index (κ1) is 16.6. The third-order valence-electron chi connectivity index (χ3n) is 3.52. The van der Waals surface area contributed by atoms with Crippen molar-refractivity contribution in [2.45, 2.75) is 56.2 Å². The number of para-hydroxylation sites is 2. The van der Waals surface area contributed by atoms with Gasteiger partial charge in [-0.05, 0) is 0 Å². The Bertz CT molecular complexity index is 389. The summed E-state index contributed by atoms with van der Waals surface area (Å²) < 4.78 is 12.7. The molecule has 0 amide bonds. The number of hydrogen-bond donors (Lipinski definition) is 0. The van der Waals surface area contributed by atoms with Gasteiger partial charge in [0.25, 0.3) is 0 Å². The van der Waals surface area contributed by atoms with E-state index in [9.17, 15) is 0 Å². The second-order valence-electron chi connectivity index (χ2n) is 6.01. The molecule has 108 valence electrons. The molecule has 1 aromatic carbocycles. The van der Waals surface area contributed by atoms with Crippen molar-refractivity contribution in [3.63, 3.8) is 0 Å². The summed E-state index contributed by atoms with van der Waals surface area (Å²) in [5, 5.41) is 0. The topological polar surface area (TPSA) is 18.5 Å². The van der Waals surface area contributed by atoms with Gasteiger partial charge in [0.2, 0.25) is 0 Å². The van der Waals surface area contributed by atoms with Crippen molar-refractivity contribution < 1.29 is 8.19 Å². The number of rotatable bonds is 7. The molecule has 0 radical (unpaired) electrons. The van der Waals surface area contributed by atoms with Crippen LogP contribution in [0.5, 0.6) is 11.5 Å². The predicted molar refractivity (Wildman–Crippen MR) is 88.2 cm³/mol. The fraction of sp³-hybridized carbons (Fsp3) is 0.600. The van der Waals surface area contributed by atoms with E-state index in [-0.39, 0.29) is 0 Å². The van der Waals surface area contributed by atoms with E-state index in [1.807, 2.05) is 18.2 Å². The molecule has 0 aliphatic rings. The van der Waals surface area contributed by atoms with Crippen molar-refractivity contribution in [2.75, 3.05) is 0 Å². The minimum atomic E-state index is -2.09. The molecule has 1 rings (SSSR count). The van der Waals surface area contributed by atoms with Gasteiger partial charge in [0.05, 0.1) is 0 Å². The van der Waals surface area contributed by atoms with E-state index in [1.165, 1.54) is 0 Å². The summed E-state index contributed by atoms with van der Waals surface area (Å²) in [5.74, 6) is 8.66. The summed E-state index contributed by atoms with van der Waals surface area (Å²) in [6, 6.07) is 11.7. The van der Waals surface area contributed by atoms with Gasteiger partial charge in [-0.3, -0.25) is 0 Å². The van der Waals surface area contributed by atoms with Crippen molar-refractivity contribution in [1.82, 2.24) is 0 Å². The van der Waals surface area contributed by atoms with Crippen molar-refractivity contribution >= 4 is 21.9 Å². The van der Waals surface area contributed by atoms with E-state index in [0.717, 1.165) is 29.6 Å². The van der Waals surface area contributed by atoms with Crippen LogP contribution < -0.4 is 8.19 Å². The molecule has 0 atom stereocenters. The van der Waals surface area contributed by atoms with Gasteiger partial charge in [0.15, 0.2) is 0 Å². The third-order valence-corrected chi connectivity index (χ3v) is 9.79. The first-order valence-electron chi connectivity index (χ1n) is 7.33. The van der Waals surface area contributed by atoms with Crippen molar-refractivity contribution in [3.8, 4) is 11.5 Å². The van der Waals surface area contributed by atoms with Crippen LogP contribution in [0.3, 0.4) is 0 Å². The van der Waals surface area contributed by atoms with Crippen LogP contribution in [-0.2, 0) is 0 Å². The summed E-state index contributed by atoms with van der Waals surface area (Å²) in [4.78, 5) is 0. The maximum atomic E-state index is 6.47. The number of benzene rings is 1. The van der Waals surface area contributed by atoms with Crippen LogP contribution in [0.15, 0.2) is 24.3 Å². The van der Waals surface area contributed by atoms with Crippen LogP contribution >= 0.6 is 0 Å². The minimum absolute atomic E-state index is 0.947. The Labute approximate surface area is 122 Å². The Morgan fingerprint density at radius 1 is 0.895 bits per heavy atom. The average Bonchev–Trinajstić information content (AvgIpc) is 2.36. The molecule has 1 aromatic rings. The van der Waals surface area contributed by atoms with Gasteiger partial charge in [0, 0.05) is 0 Å². The molecule has 19 heavy (non-hydrogen) atoms. The van der Waals surface area contributed by atoms with Gasteiger partial charge >= 0.3 is 122 Å². The van der Waals surface area contributed by atoms with Crippen LogP contribution in [0.4, 0.5) is 0 Å². The molecule has 0 spiro atoms. The molecular weight excluding hydrogens is 313 g/mol. The maximum absolute atomic E-state index is 6.47. The fourth-order valence-corrected chi connectivity index (χ4v) is 6.45. The Morgan fingerprint density at radius 3 is 1.79 bits per heavy atom. The van der Waals surface area contributed by atoms with Gasteiger partial charge in [0.1, 0.15) is 0 Å². The normalized spacial score (nSPS) is 12.3. The van der Waals surface area contributed by atoms with Crippen LogP contribution in [0, 0.1) is 0 Å². The first-order chi connectivity index (χ1) is 8.86. The molecule has 2 nitrogen and oxygen atoms in total.